The van der Waals surface area contributed by atoms with Crippen LogP contribution in [0.5, 0.6) is 0 Å². The molecule has 2 N–H and O–H groups in total. The minimum atomic E-state index is -3.40. The van der Waals surface area contributed by atoms with Gasteiger partial charge in [-0.3, -0.25) is 0 Å². The molecule has 96 valence electrons. The Labute approximate surface area is 109 Å². The number of hydrogen-bond acceptors (Lipinski definition) is 5. The van der Waals surface area contributed by atoms with Crippen LogP contribution in [0.4, 0.5) is 0 Å². The van der Waals surface area contributed by atoms with E-state index < -0.39 is 10.0 Å². The quantitative estimate of drug-likeness (QED) is 0.858. The van der Waals surface area contributed by atoms with Crippen molar-refractivity contribution in [2.45, 2.75) is 17.9 Å². The summed E-state index contributed by atoms with van der Waals surface area (Å²) in [5.74, 6) is 2.61. The van der Waals surface area contributed by atoms with Crippen LogP contribution in [0.15, 0.2) is 16.3 Å². The molecule has 1 atom stereocenters. The molecule has 2 heterocycles. The fourth-order valence-electron chi connectivity index (χ4n) is 1.64. The zero-order valence-corrected chi connectivity index (χ0v) is 11.7. The smallest absolute Gasteiger partial charge is 0.241 e. The summed E-state index contributed by atoms with van der Waals surface area (Å²) in [5, 5.41) is 10.5. The Bertz CT molecular complexity index is 463. The molecule has 0 aromatic carbocycles. The first-order valence-electron chi connectivity index (χ1n) is 5.37. The Hall–Kier alpha value is -0.0800. The van der Waals surface area contributed by atoms with Crippen LogP contribution in [0.25, 0.3) is 0 Å². The molecule has 0 aliphatic carbocycles. The molecule has 2 rings (SSSR count). The predicted octanol–water partition coefficient (Wildman–Crippen LogP) is 1.27. The molecule has 1 saturated heterocycles. The van der Waals surface area contributed by atoms with E-state index in [1.165, 1.54) is 17.4 Å². The topological polar surface area (TPSA) is 66.4 Å². The summed E-state index contributed by atoms with van der Waals surface area (Å²) in [6, 6.07) is 1.52. The minimum Gasteiger partial charge on any atom is -0.391 e. The largest absolute Gasteiger partial charge is 0.391 e. The summed E-state index contributed by atoms with van der Waals surface area (Å²) < 4.78 is 26.5. The highest BCUT2D eigenvalue weighted by Crippen LogP contribution is 2.24. The lowest BCUT2D eigenvalue weighted by molar-refractivity contribution is 0.285. The van der Waals surface area contributed by atoms with E-state index in [2.05, 4.69) is 4.72 Å². The Balaban J connectivity index is 1.97. The van der Waals surface area contributed by atoms with Gasteiger partial charge in [-0.15, -0.1) is 11.3 Å². The van der Waals surface area contributed by atoms with Gasteiger partial charge in [-0.1, -0.05) is 0 Å². The maximum absolute atomic E-state index is 11.9. The lowest BCUT2D eigenvalue weighted by Crippen LogP contribution is -2.29. The Morgan fingerprint density at radius 3 is 2.94 bits per heavy atom. The van der Waals surface area contributed by atoms with Gasteiger partial charge in [0.1, 0.15) is 0 Å². The van der Waals surface area contributed by atoms with Crippen molar-refractivity contribution in [2.75, 3.05) is 18.1 Å². The van der Waals surface area contributed by atoms with Crippen LogP contribution in [0, 0.1) is 5.92 Å². The van der Waals surface area contributed by atoms with E-state index in [0.717, 1.165) is 17.9 Å². The Kier molecular flexibility index (Phi) is 4.48. The van der Waals surface area contributed by atoms with Crippen LogP contribution in [0.2, 0.25) is 0 Å². The molecule has 0 saturated carbocycles. The first-order valence-corrected chi connectivity index (χ1v) is 8.89. The summed E-state index contributed by atoms with van der Waals surface area (Å²) in [5.41, 5.74) is 0. The summed E-state index contributed by atoms with van der Waals surface area (Å²) in [6.45, 7) is 0.402. The van der Waals surface area contributed by atoms with Gasteiger partial charge in [-0.25, -0.2) is 13.1 Å². The average molecular weight is 293 g/mol. The van der Waals surface area contributed by atoms with Crippen LogP contribution in [0.1, 0.15) is 11.3 Å². The SMILES string of the molecule is O=S(=O)(NCC1CCSC1)c1csc(CO)c1. The fourth-order valence-corrected chi connectivity index (χ4v) is 5.17. The molecule has 1 aliphatic heterocycles. The van der Waals surface area contributed by atoms with Gasteiger partial charge >= 0.3 is 0 Å². The van der Waals surface area contributed by atoms with Gasteiger partial charge in [0.25, 0.3) is 0 Å². The highest BCUT2D eigenvalue weighted by Gasteiger charge is 2.20. The molecule has 17 heavy (non-hydrogen) atoms. The van der Waals surface area contributed by atoms with E-state index >= 15 is 0 Å². The van der Waals surface area contributed by atoms with Crippen LogP contribution in [0.3, 0.4) is 0 Å². The lowest BCUT2D eigenvalue weighted by atomic mass is 10.1. The van der Waals surface area contributed by atoms with Crippen molar-refractivity contribution < 1.29 is 13.5 Å². The van der Waals surface area contributed by atoms with Gasteiger partial charge in [0.15, 0.2) is 0 Å². The lowest BCUT2D eigenvalue weighted by Gasteiger charge is -2.09. The predicted molar refractivity (Wildman–Crippen MR) is 70.9 cm³/mol. The van der Waals surface area contributed by atoms with Crippen molar-refractivity contribution in [3.05, 3.63) is 16.3 Å². The van der Waals surface area contributed by atoms with Crippen LogP contribution in [-0.2, 0) is 16.6 Å². The zero-order valence-electron chi connectivity index (χ0n) is 9.26. The number of thiophene rings is 1. The maximum atomic E-state index is 11.9. The molecule has 1 fully saturated rings. The highest BCUT2D eigenvalue weighted by atomic mass is 32.2. The van der Waals surface area contributed by atoms with Crippen LogP contribution < -0.4 is 4.72 Å². The molecular formula is C10H15NO3S3. The average Bonchev–Trinajstić information content (AvgIpc) is 2.98. The molecule has 0 bridgehead atoms. The normalized spacial score (nSPS) is 20.9. The molecule has 1 aromatic rings. The number of aliphatic hydroxyl groups excluding tert-OH is 1. The molecule has 0 radical (unpaired) electrons. The molecule has 1 aromatic heterocycles. The third-order valence-corrected chi connectivity index (χ3v) is 6.39. The molecule has 7 heteroatoms. The summed E-state index contributed by atoms with van der Waals surface area (Å²) in [7, 11) is -3.40. The van der Waals surface area contributed by atoms with Gasteiger partial charge in [0.05, 0.1) is 11.5 Å². The van der Waals surface area contributed by atoms with Crippen molar-refractivity contribution in [3.8, 4) is 0 Å². The molecule has 4 nitrogen and oxygen atoms in total. The molecule has 0 amide bonds. The van der Waals surface area contributed by atoms with Gasteiger partial charge in [0.2, 0.25) is 10.0 Å². The monoisotopic (exact) mass is 293 g/mol. The maximum Gasteiger partial charge on any atom is 0.241 e. The summed E-state index contributed by atoms with van der Waals surface area (Å²) in [4.78, 5) is 0.930. The first-order chi connectivity index (χ1) is 8.12. The second-order valence-corrected chi connectivity index (χ2v) is 7.90. The van der Waals surface area contributed by atoms with Crippen molar-refractivity contribution in [1.82, 2.24) is 4.72 Å². The Morgan fingerprint density at radius 1 is 1.53 bits per heavy atom. The number of rotatable bonds is 5. The molecular weight excluding hydrogens is 278 g/mol. The summed E-state index contributed by atoms with van der Waals surface area (Å²) in [6.07, 6.45) is 1.08. The van der Waals surface area contributed by atoms with E-state index in [1.54, 1.807) is 5.38 Å². The third-order valence-electron chi connectivity index (χ3n) is 2.68. The van der Waals surface area contributed by atoms with Gasteiger partial charge in [-0.05, 0) is 29.9 Å². The second kappa shape index (κ2) is 5.71. The molecule has 0 spiro atoms. The first kappa shape index (κ1) is 13.4. The highest BCUT2D eigenvalue weighted by molar-refractivity contribution is 7.99. The van der Waals surface area contributed by atoms with Gasteiger partial charge < -0.3 is 5.11 Å². The van der Waals surface area contributed by atoms with Crippen LogP contribution in [-0.4, -0.2) is 31.6 Å². The fraction of sp³-hybridized carbons (Fsp3) is 0.600. The van der Waals surface area contributed by atoms with Crippen molar-refractivity contribution in [1.29, 1.82) is 0 Å². The van der Waals surface area contributed by atoms with Crippen molar-refractivity contribution >= 4 is 33.1 Å². The minimum absolute atomic E-state index is 0.112. The van der Waals surface area contributed by atoms with Gasteiger partial charge in [0, 0.05) is 16.8 Å². The summed E-state index contributed by atoms with van der Waals surface area (Å²) >= 11 is 3.13. The van der Waals surface area contributed by atoms with Crippen LogP contribution >= 0.6 is 23.1 Å². The zero-order chi connectivity index (χ0) is 12.3. The Morgan fingerprint density at radius 2 is 2.35 bits per heavy atom. The van der Waals surface area contributed by atoms with Crippen molar-refractivity contribution in [2.24, 2.45) is 5.92 Å². The second-order valence-electron chi connectivity index (χ2n) is 3.99. The third kappa shape index (κ3) is 3.45. The number of sulfonamides is 1. The number of aliphatic hydroxyl groups is 1. The standard InChI is InChI=1S/C10H15NO3S3/c12-5-9-3-10(7-16-9)17(13,14)11-4-8-1-2-15-6-8/h3,7-8,11-12H,1-2,4-6H2. The van der Waals surface area contributed by atoms with E-state index in [-0.39, 0.29) is 11.5 Å². The molecule has 1 unspecified atom stereocenters. The van der Waals surface area contributed by atoms with E-state index in [0.29, 0.717) is 17.3 Å². The number of thioether (sulfide) groups is 1. The van der Waals surface area contributed by atoms with E-state index in [1.807, 2.05) is 11.8 Å². The number of hydrogen-bond donors (Lipinski definition) is 2. The van der Waals surface area contributed by atoms with Gasteiger partial charge in [-0.2, -0.15) is 11.8 Å². The van der Waals surface area contributed by atoms with E-state index in [9.17, 15) is 8.42 Å². The van der Waals surface area contributed by atoms with Crippen molar-refractivity contribution in [3.63, 3.8) is 0 Å². The number of nitrogens with one attached hydrogen (secondary N) is 1. The molecule has 1 aliphatic rings. The van der Waals surface area contributed by atoms with E-state index in [4.69, 9.17) is 5.11 Å².